The molecule has 3 unspecified atom stereocenters. The Bertz CT molecular complexity index is 345. The first-order valence-electron chi connectivity index (χ1n) is 12.7. The van der Waals surface area contributed by atoms with Gasteiger partial charge in [-0.05, 0) is 34.0 Å². The van der Waals surface area contributed by atoms with Crippen LogP contribution in [0.4, 0.5) is 0 Å². The molecular formula is C27H57Al. The molecule has 28 heavy (non-hydrogen) atoms. The van der Waals surface area contributed by atoms with Crippen LogP contribution in [0.5, 0.6) is 0 Å². The fourth-order valence-corrected chi connectivity index (χ4v) is 11.6. The molecule has 0 aliphatic carbocycles. The van der Waals surface area contributed by atoms with E-state index in [4.69, 9.17) is 0 Å². The summed E-state index contributed by atoms with van der Waals surface area (Å²) in [6.45, 7) is 30.1. The van der Waals surface area contributed by atoms with Gasteiger partial charge in [0.1, 0.15) is 0 Å². The lowest BCUT2D eigenvalue weighted by molar-refractivity contribution is 0.217. The van der Waals surface area contributed by atoms with Crippen LogP contribution in [0, 0.1) is 34.0 Å². The summed E-state index contributed by atoms with van der Waals surface area (Å²) < 4.78 is 0. The van der Waals surface area contributed by atoms with Gasteiger partial charge in [-0.2, -0.15) is 0 Å². The Balaban J connectivity index is 5.53. The molecule has 0 radical (unpaired) electrons. The second kappa shape index (κ2) is 12.4. The monoisotopic (exact) mass is 408 g/mol. The van der Waals surface area contributed by atoms with E-state index >= 15 is 0 Å². The van der Waals surface area contributed by atoms with Crippen LogP contribution in [0.25, 0.3) is 0 Å². The molecule has 0 spiro atoms. The summed E-state index contributed by atoms with van der Waals surface area (Å²) in [7, 11) is 0. The molecule has 168 valence electrons. The Morgan fingerprint density at radius 2 is 0.714 bits per heavy atom. The van der Waals surface area contributed by atoms with Crippen LogP contribution in [0.3, 0.4) is 0 Å². The maximum Gasteiger partial charge on any atom is 0.263 e. The Morgan fingerprint density at radius 1 is 0.500 bits per heavy atom. The molecule has 0 aliphatic rings. The van der Waals surface area contributed by atoms with Gasteiger partial charge in [0, 0.05) is 0 Å². The highest BCUT2D eigenvalue weighted by Crippen LogP contribution is 2.45. The van der Waals surface area contributed by atoms with E-state index in [9.17, 15) is 0 Å². The van der Waals surface area contributed by atoms with Crippen molar-refractivity contribution >= 4 is 14.1 Å². The molecule has 0 saturated carbocycles. The van der Waals surface area contributed by atoms with Crippen LogP contribution in [0.15, 0.2) is 0 Å². The number of hydrogen-bond donors (Lipinski definition) is 0. The molecule has 1 heteroatoms. The third-order valence-corrected chi connectivity index (χ3v) is 13.5. The zero-order valence-electron chi connectivity index (χ0n) is 22.2. The average Bonchev–Trinajstić information content (AvgIpc) is 2.54. The summed E-state index contributed by atoms with van der Waals surface area (Å²) in [4.78, 5) is 0. The molecule has 0 aromatic rings. The van der Waals surface area contributed by atoms with Crippen molar-refractivity contribution < 1.29 is 0 Å². The largest absolute Gasteiger partial charge is 0.263 e. The fraction of sp³-hybridized carbons (Fsp3) is 1.00. The molecule has 0 aromatic carbocycles. The summed E-state index contributed by atoms with van der Waals surface area (Å²) in [5.74, 6) is 2.54. The minimum atomic E-state index is -0.852. The molecule has 0 N–H and O–H groups in total. The zero-order valence-corrected chi connectivity index (χ0v) is 23.3. The normalized spacial score (nSPS) is 16.7. The Morgan fingerprint density at radius 3 is 0.893 bits per heavy atom. The van der Waals surface area contributed by atoms with Crippen LogP contribution < -0.4 is 0 Å². The highest BCUT2D eigenvalue weighted by Gasteiger charge is 2.40. The first kappa shape index (κ1) is 28.5. The molecule has 0 aliphatic heterocycles. The summed E-state index contributed by atoms with van der Waals surface area (Å²) in [5, 5.41) is 4.58. The van der Waals surface area contributed by atoms with Crippen molar-refractivity contribution in [3.63, 3.8) is 0 Å². The first-order valence-corrected chi connectivity index (χ1v) is 15.2. The van der Waals surface area contributed by atoms with Crippen molar-refractivity contribution in [3.05, 3.63) is 0 Å². The fourth-order valence-electron chi connectivity index (χ4n) is 5.52. The minimum Gasteiger partial charge on any atom is -0.0884 e. The van der Waals surface area contributed by atoms with Gasteiger partial charge in [0.05, 0.1) is 0 Å². The summed E-state index contributed by atoms with van der Waals surface area (Å²) in [5.41, 5.74) is 1.50. The van der Waals surface area contributed by atoms with E-state index < -0.39 is 14.1 Å². The smallest absolute Gasteiger partial charge is 0.0884 e. The number of rotatable bonds is 15. The van der Waals surface area contributed by atoms with Crippen LogP contribution in [0.2, 0.25) is 15.8 Å². The average molecular weight is 409 g/mol. The molecule has 0 rings (SSSR count). The van der Waals surface area contributed by atoms with Crippen LogP contribution in [-0.2, 0) is 0 Å². The van der Waals surface area contributed by atoms with Gasteiger partial charge in [-0.25, -0.2) is 0 Å². The molecule has 0 aromatic heterocycles. The van der Waals surface area contributed by atoms with E-state index in [0.717, 1.165) is 17.8 Å². The van der Waals surface area contributed by atoms with Crippen molar-refractivity contribution in [2.24, 2.45) is 34.0 Å². The van der Waals surface area contributed by atoms with Gasteiger partial charge < -0.3 is 0 Å². The lowest BCUT2D eigenvalue weighted by Gasteiger charge is -2.42. The van der Waals surface area contributed by atoms with E-state index in [1.807, 2.05) is 0 Å². The Kier molecular flexibility index (Phi) is 12.6. The Hall–Kier alpha value is 0.532. The van der Waals surface area contributed by atoms with E-state index in [1.54, 1.807) is 0 Å². The van der Waals surface area contributed by atoms with Crippen molar-refractivity contribution in [1.82, 2.24) is 0 Å². The lowest BCUT2D eigenvalue weighted by Crippen LogP contribution is -2.38. The van der Waals surface area contributed by atoms with Gasteiger partial charge in [0.25, 0.3) is 14.1 Å². The molecular weight excluding hydrogens is 351 g/mol. The number of hydrogen-bond acceptors (Lipinski definition) is 0. The second-order valence-corrected chi connectivity index (χ2v) is 15.5. The third kappa shape index (κ3) is 9.56. The van der Waals surface area contributed by atoms with Gasteiger partial charge in [-0.3, -0.25) is 0 Å². The van der Waals surface area contributed by atoms with Gasteiger partial charge >= 0.3 is 0 Å². The van der Waals surface area contributed by atoms with Crippen LogP contribution in [-0.4, -0.2) is 14.1 Å². The predicted molar refractivity (Wildman–Crippen MR) is 134 cm³/mol. The van der Waals surface area contributed by atoms with Crippen molar-refractivity contribution in [1.29, 1.82) is 0 Å². The third-order valence-electron chi connectivity index (χ3n) is 8.61. The van der Waals surface area contributed by atoms with Gasteiger partial charge in [0.15, 0.2) is 0 Å². The molecule has 0 nitrogen and oxygen atoms in total. The van der Waals surface area contributed by atoms with Gasteiger partial charge in [-0.1, -0.05) is 137 Å². The minimum absolute atomic E-state index is 0.501. The summed E-state index contributed by atoms with van der Waals surface area (Å²) in [6, 6.07) is 0. The molecule has 3 atom stereocenters. The summed E-state index contributed by atoms with van der Waals surface area (Å²) >= 11 is -0.852. The van der Waals surface area contributed by atoms with E-state index in [-0.39, 0.29) is 0 Å². The van der Waals surface area contributed by atoms with Crippen molar-refractivity contribution in [3.8, 4) is 0 Å². The molecule has 0 heterocycles. The van der Waals surface area contributed by atoms with E-state index in [0.29, 0.717) is 16.2 Å². The Labute approximate surface area is 185 Å². The zero-order chi connectivity index (χ0) is 22.2. The SMILES string of the molecule is CCCC(C)C(C)(C)[CH2][Al]([CH2]C(C)(C)C(C)CCC)[CH2]C(C)(C)C(C)CCC. The molecule has 0 bridgehead atoms. The first-order chi connectivity index (χ1) is 12.7. The van der Waals surface area contributed by atoms with Gasteiger partial charge in [0.2, 0.25) is 0 Å². The lowest BCUT2D eigenvalue weighted by atomic mass is 9.78. The molecule has 0 amide bonds. The van der Waals surface area contributed by atoms with Crippen LogP contribution >= 0.6 is 0 Å². The highest BCUT2D eigenvalue weighted by molar-refractivity contribution is 6.59. The molecule has 0 fully saturated rings. The van der Waals surface area contributed by atoms with Crippen molar-refractivity contribution in [2.45, 2.75) is 137 Å². The molecule has 0 saturated heterocycles. The summed E-state index contributed by atoms with van der Waals surface area (Å²) in [6.07, 6.45) is 8.15. The van der Waals surface area contributed by atoms with Crippen LogP contribution in [0.1, 0.15) is 122 Å². The topological polar surface area (TPSA) is 0 Å². The second-order valence-electron chi connectivity index (χ2n) is 12.5. The highest BCUT2D eigenvalue weighted by atomic mass is 27.2. The standard InChI is InChI=1S/3C9H19.Al/c3*1-6-7-8(2)9(3,4)5;/h3*8H,3,6-7H2,1-2,4-5H3;. The van der Waals surface area contributed by atoms with Gasteiger partial charge in [-0.15, -0.1) is 0 Å². The van der Waals surface area contributed by atoms with E-state index in [2.05, 4.69) is 83.1 Å². The maximum atomic E-state index is 2.58. The maximum absolute atomic E-state index is 2.58. The quantitative estimate of drug-likeness (QED) is 0.236. The van der Waals surface area contributed by atoms with Crippen molar-refractivity contribution in [2.75, 3.05) is 0 Å². The van der Waals surface area contributed by atoms with E-state index in [1.165, 1.54) is 54.4 Å². The predicted octanol–water partition coefficient (Wildman–Crippen LogP) is 9.87.